The monoisotopic (exact) mass is 368 g/mol. The highest BCUT2D eigenvalue weighted by atomic mass is 32.2. The van der Waals surface area contributed by atoms with Crippen LogP contribution in [0, 0.1) is 6.92 Å². The standard InChI is InChI=1S/C21H24N2O2S/c1-16-3-7-18(8-4-16)21(25)23-13-11-22(12-14-23)20(24)15-17-5-9-19(26-2)10-6-17/h3-10H,11-15H2,1-2H3. The van der Waals surface area contributed by atoms with Crippen molar-refractivity contribution in [2.45, 2.75) is 18.2 Å². The van der Waals surface area contributed by atoms with Crippen LogP contribution in [0.5, 0.6) is 0 Å². The number of aryl methyl sites for hydroxylation is 1. The van der Waals surface area contributed by atoms with E-state index in [1.54, 1.807) is 11.8 Å². The number of thioether (sulfide) groups is 1. The number of carbonyl (C=O) groups excluding carboxylic acids is 2. The van der Waals surface area contributed by atoms with Crippen molar-refractivity contribution in [2.24, 2.45) is 0 Å². The Morgan fingerprint density at radius 1 is 0.885 bits per heavy atom. The zero-order valence-electron chi connectivity index (χ0n) is 15.3. The minimum absolute atomic E-state index is 0.0461. The largest absolute Gasteiger partial charge is 0.339 e. The Morgan fingerprint density at radius 2 is 1.46 bits per heavy atom. The van der Waals surface area contributed by atoms with E-state index in [0.29, 0.717) is 38.2 Å². The SMILES string of the molecule is CSc1ccc(CC(=O)N2CCN(C(=O)c3ccc(C)cc3)CC2)cc1. The topological polar surface area (TPSA) is 40.6 Å². The molecule has 0 unspecified atom stereocenters. The Bertz CT molecular complexity index is 764. The van der Waals surface area contributed by atoms with Gasteiger partial charge in [0, 0.05) is 36.6 Å². The predicted octanol–water partition coefficient (Wildman–Crippen LogP) is 3.24. The van der Waals surface area contributed by atoms with Gasteiger partial charge < -0.3 is 9.80 Å². The van der Waals surface area contributed by atoms with Crippen LogP contribution in [0.4, 0.5) is 0 Å². The Balaban J connectivity index is 1.53. The normalized spacial score (nSPS) is 14.4. The average Bonchev–Trinajstić information content (AvgIpc) is 2.69. The summed E-state index contributed by atoms with van der Waals surface area (Å²) >= 11 is 1.69. The molecule has 5 heteroatoms. The molecule has 0 aromatic heterocycles. The van der Waals surface area contributed by atoms with Gasteiger partial charge in [-0.05, 0) is 43.0 Å². The van der Waals surface area contributed by atoms with Crippen molar-refractivity contribution in [2.75, 3.05) is 32.4 Å². The number of piperazine rings is 1. The van der Waals surface area contributed by atoms with Crippen molar-refractivity contribution in [1.82, 2.24) is 9.80 Å². The molecule has 26 heavy (non-hydrogen) atoms. The summed E-state index contributed by atoms with van der Waals surface area (Å²) in [5, 5.41) is 0. The van der Waals surface area contributed by atoms with E-state index in [9.17, 15) is 9.59 Å². The van der Waals surface area contributed by atoms with Gasteiger partial charge in [-0.25, -0.2) is 0 Å². The number of amides is 2. The smallest absolute Gasteiger partial charge is 0.253 e. The molecule has 1 aliphatic heterocycles. The second-order valence-corrected chi connectivity index (χ2v) is 7.44. The average molecular weight is 369 g/mol. The zero-order chi connectivity index (χ0) is 18.5. The third-order valence-electron chi connectivity index (χ3n) is 4.73. The molecule has 3 rings (SSSR count). The van der Waals surface area contributed by atoms with Crippen molar-refractivity contribution in [3.8, 4) is 0 Å². The zero-order valence-corrected chi connectivity index (χ0v) is 16.1. The molecule has 136 valence electrons. The van der Waals surface area contributed by atoms with Gasteiger partial charge >= 0.3 is 0 Å². The summed E-state index contributed by atoms with van der Waals surface area (Å²) in [6.07, 6.45) is 2.46. The summed E-state index contributed by atoms with van der Waals surface area (Å²) in [4.78, 5) is 30.0. The van der Waals surface area contributed by atoms with Crippen LogP contribution < -0.4 is 0 Å². The molecule has 0 N–H and O–H groups in total. The first-order valence-corrected chi connectivity index (χ1v) is 10.1. The van der Waals surface area contributed by atoms with Crippen LogP contribution in [0.1, 0.15) is 21.5 Å². The van der Waals surface area contributed by atoms with Gasteiger partial charge in [-0.1, -0.05) is 29.8 Å². The van der Waals surface area contributed by atoms with Crippen LogP contribution in [-0.4, -0.2) is 54.0 Å². The molecular formula is C21H24N2O2S. The lowest BCUT2D eigenvalue weighted by molar-refractivity contribution is -0.131. The molecular weight excluding hydrogens is 344 g/mol. The Morgan fingerprint density at radius 3 is 2.04 bits per heavy atom. The fraction of sp³-hybridized carbons (Fsp3) is 0.333. The van der Waals surface area contributed by atoms with E-state index in [0.717, 1.165) is 11.1 Å². The molecule has 0 spiro atoms. The van der Waals surface area contributed by atoms with Gasteiger partial charge in [0.2, 0.25) is 5.91 Å². The van der Waals surface area contributed by atoms with Crippen LogP contribution in [0.25, 0.3) is 0 Å². The quantitative estimate of drug-likeness (QED) is 0.778. The summed E-state index contributed by atoms with van der Waals surface area (Å²) in [6.45, 7) is 4.37. The first-order chi connectivity index (χ1) is 12.6. The molecule has 2 amide bonds. The van der Waals surface area contributed by atoms with Gasteiger partial charge in [0.15, 0.2) is 0 Å². The number of rotatable bonds is 4. The summed E-state index contributed by atoms with van der Waals surface area (Å²) in [7, 11) is 0. The second-order valence-electron chi connectivity index (χ2n) is 6.56. The molecule has 1 heterocycles. The van der Waals surface area contributed by atoms with Crippen LogP contribution in [0.3, 0.4) is 0 Å². The lowest BCUT2D eigenvalue weighted by Gasteiger charge is -2.35. The van der Waals surface area contributed by atoms with E-state index in [1.165, 1.54) is 4.90 Å². The van der Waals surface area contributed by atoms with E-state index in [2.05, 4.69) is 0 Å². The Labute approximate surface area is 159 Å². The molecule has 2 aromatic rings. The fourth-order valence-electron chi connectivity index (χ4n) is 3.07. The van der Waals surface area contributed by atoms with Gasteiger partial charge in [0.25, 0.3) is 5.91 Å². The molecule has 0 saturated carbocycles. The summed E-state index contributed by atoms with van der Waals surface area (Å²) in [6, 6.07) is 15.8. The van der Waals surface area contributed by atoms with Crippen molar-refractivity contribution in [3.05, 3.63) is 65.2 Å². The molecule has 0 aliphatic carbocycles. The van der Waals surface area contributed by atoms with Crippen LogP contribution >= 0.6 is 11.8 Å². The van der Waals surface area contributed by atoms with Crippen molar-refractivity contribution in [3.63, 3.8) is 0 Å². The molecule has 0 bridgehead atoms. The fourth-order valence-corrected chi connectivity index (χ4v) is 3.48. The van der Waals surface area contributed by atoms with E-state index < -0.39 is 0 Å². The lowest BCUT2D eigenvalue weighted by Crippen LogP contribution is -2.51. The summed E-state index contributed by atoms with van der Waals surface area (Å²) in [5.41, 5.74) is 2.89. The van der Waals surface area contributed by atoms with Crippen molar-refractivity contribution < 1.29 is 9.59 Å². The molecule has 0 atom stereocenters. The van der Waals surface area contributed by atoms with Crippen LogP contribution in [0.2, 0.25) is 0 Å². The van der Waals surface area contributed by atoms with Gasteiger partial charge in [-0.15, -0.1) is 11.8 Å². The Kier molecular flexibility index (Phi) is 5.99. The minimum Gasteiger partial charge on any atom is -0.339 e. The number of benzene rings is 2. The third-order valence-corrected chi connectivity index (χ3v) is 5.48. The van der Waals surface area contributed by atoms with E-state index in [4.69, 9.17) is 0 Å². The van der Waals surface area contributed by atoms with E-state index in [1.807, 2.05) is 71.5 Å². The maximum Gasteiger partial charge on any atom is 0.253 e. The van der Waals surface area contributed by atoms with Crippen molar-refractivity contribution in [1.29, 1.82) is 0 Å². The number of nitrogens with zero attached hydrogens (tertiary/aromatic N) is 2. The molecule has 1 aliphatic rings. The number of hydrogen-bond donors (Lipinski definition) is 0. The molecule has 1 saturated heterocycles. The lowest BCUT2D eigenvalue weighted by atomic mass is 10.1. The van der Waals surface area contributed by atoms with Crippen LogP contribution in [-0.2, 0) is 11.2 Å². The highest BCUT2D eigenvalue weighted by Crippen LogP contribution is 2.16. The van der Waals surface area contributed by atoms with Gasteiger partial charge in [-0.2, -0.15) is 0 Å². The van der Waals surface area contributed by atoms with Crippen LogP contribution in [0.15, 0.2) is 53.4 Å². The number of carbonyl (C=O) groups is 2. The maximum atomic E-state index is 12.6. The number of hydrogen-bond acceptors (Lipinski definition) is 3. The summed E-state index contributed by atoms with van der Waals surface area (Å²) < 4.78 is 0. The molecule has 4 nitrogen and oxygen atoms in total. The predicted molar refractivity (Wildman–Crippen MR) is 106 cm³/mol. The van der Waals surface area contributed by atoms with E-state index >= 15 is 0 Å². The maximum absolute atomic E-state index is 12.6. The minimum atomic E-state index is 0.0461. The first-order valence-electron chi connectivity index (χ1n) is 8.83. The highest BCUT2D eigenvalue weighted by Gasteiger charge is 2.24. The van der Waals surface area contributed by atoms with Crippen molar-refractivity contribution >= 4 is 23.6 Å². The van der Waals surface area contributed by atoms with Gasteiger partial charge in [0.05, 0.1) is 6.42 Å². The second kappa shape index (κ2) is 8.41. The van der Waals surface area contributed by atoms with Gasteiger partial charge in [0.1, 0.15) is 0 Å². The van der Waals surface area contributed by atoms with E-state index in [-0.39, 0.29) is 11.8 Å². The molecule has 0 radical (unpaired) electrons. The first kappa shape index (κ1) is 18.5. The Hall–Kier alpha value is -2.27. The molecule has 2 aromatic carbocycles. The molecule has 1 fully saturated rings. The van der Waals surface area contributed by atoms with Gasteiger partial charge in [-0.3, -0.25) is 9.59 Å². The highest BCUT2D eigenvalue weighted by molar-refractivity contribution is 7.98. The third kappa shape index (κ3) is 4.47. The summed E-state index contributed by atoms with van der Waals surface area (Å²) in [5.74, 6) is 0.175.